The molecule has 0 aliphatic carbocycles. The van der Waals surface area contributed by atoms with E-state index in [1.54, 1.807) is 12.1 Å². The Bertz CT molecular complexity index is 741. The molecule has 0 aliphatic rings. The molecule has 1 aromatic carbocycles. The molecule has 0 bridgehead atoms. The maximum absolute atomic E-state index is 13.4. The van der Waals surface area contributed by atoms with E-state index in [9.17, 15) is 4.39 Å². The van der Waals surface area contributed by atoms with E-state index in [2.05, 4.69) is 10.1 Å². The Hall–Kier alpha value is -1.43. The molecule has 7 heteroatoms. The number of rotatable bonds is 2. The summed E-state index contributed by atoms with van der Waals surface area (Å²) < 4.78 is 18.5. The first-order chi connectivity index (χ1) is 9.15. The standard InChI is InChI=1S/C12H5Cl2FN2OS/c13-7-2-1-6(5-9(7)15)11-16-12(18-17-11)10-8(14)3-4-19-10/h1-5H. The van der Waals surface area contributed by atoms with Gasteiger partial charge in [-0.25, -0.2) is 4.39 Å². The number of thiophene rings is 1. The van der Waals surface area contributed by atoms with Crippen LogP contribution in [0.1, 0.15) is 0 Å². The van der Waals surface area contributed by atoms with Gasteiger partial charge in [0.1, 0.15) is 10.7 Å². The Labute approximate surface area is 121 Å². The fourth-order valence-electron chi connectivity index (χ4n) is 1.51. The summed E-state index contributed by atoms with van der Waals surface area (Å²) >= 11 is 13.0. The van der Waals surface area contributed by atoms with Crippen molar-refractivity contribution in [2.24, 2.45) is 0 Å². The molecule has 0 amide bonds. The molecule has 96 valence electrons. The summed E-state index contributed by atoms with van der Waals surface area (Å²) in [6.07, 6.45) is 0. The van der Waals surface area contributed by atoms with Gasteiger partial charge in [-0.1, -0.05) is 28.4 Å². The van der Waals surface area contributed by atoms with Gasteiger partial charge in [0, 0.05) is 5.56 Å². The maximum Gasteiger partial charge on any atom is 0.269 e. The molecule has 0 atom stereocenters. The first kappa shape index (κ1) is 12.6. The van der Waals surface area contributed by atoms with Crippen molar-refractivity contribution in [3.05, 3.63) is 45.5 Å². The SMILES string of the molecule is Fc1cc(-c2noc(-c3sccc3Cl)n2)ccc1Cl. The first-order valence-corrected chi connectivity index (χ1v) is 6.81. The highest BCUT2D eigenvalue weighted by molar-refractivity contribution is 7.14. The van der Waals surface area contributed by atoms with Crippen LogP contribution in [-0.4, -0.2) is 10.1 Å². The molecular weight excluding hydrogens is 310 g/mol. The molecule has 0 aliphatic heterocycles. The van der Waals surface area contributed by atoms with Gasteiger partial charge in [0.15, 0.2) is 0 Å². The molecule has 0 unspecified atom stereocenters. The molecular formula is C12H5Cl2FN2OS. The van der Waals surface area contributed by atoms with Crippen LogP contribution in [0.4, 0.5) is 4.39 Å². The predicted molar refractivity (Wildman–Crippen MR) is 73.0 cm³/mol. The highest BCUT2D eigenvalue weighted by Crippen LogP contribution is 2.33. The van der Waals surface area contributed by atoms with Gasteiger partial charge in [0.05, 0.1) is 10.0 Å². The second kappa shape index (κ2) is 4.92. The molecule has 2 aromatic heterocycles. The minimum absolute atomic E-state index is 0.0498. The van der Waals surface area contributed by atoms with Crippen LogP contribution in [0.15, 0.2) is 34.2 Å². The van der Waals surface area contributed by atoms with E-state index in [4.69, 9.17) is 27.7 Å². The van der Waals surface area contributed by atoms with Gasteiger partial charge in [-0.2, -0.15) is 4.98 Å². The molecule has 3 nitrogen and oxygen atoms in total. The van der Waals surface area contributed by atoms with Gasteiger partial charge in [-0.05, 0) is 29.6 Å². The summed E-state index contributed by atoms with van der Waals surface area (Å²) in [5.41, 5.74) is 0.490. The summed E-state index contributed by atoms with van der Waals surface area (Å²) in [7, 11) is 0. The molecule has 0 N–H and O–H groups in total. The molecule has 0 spiro atoms. The second-order valence-corrected chi connectivity index (χ2v) is 5.38. The maximum atomic E-state index is 13.4. The van der Waals surface area contributed by atoms with Crippen molar-refractivity contribution < 1.29 is 8.91 Å². The Morgan fingerprint density at radius 1 is 1.16 bits per heavy atom. The Morgan fingerprint density at radius 3 is 2.68 bits per heavy atom. The van der Waals surface area contributed by atoms with Gasteiger partial charge in [-0.15, -0.1) is 11.3 Å². The van der Waals surface area contributed by atoms with Crippen molar-refractivity contribution in [2.45, 2.75) is 0 Å². The number of hydrogen-bond donors (Lipinski definition) is 0. The molecule has 0 saturated carbocycles. The predicted octanol–water partition coefficient (Wildman–Crippen LogP) is 4.91. The van der Waals surface area contributed by atoms with Gasteiger partial charge in [-0.3, -0.25) is 0 Å². The van der Waals surface area contributed by atoms with Crippen LogP contribution in [0.3, 0.4) is 0 Å². The third-order valence-electron chi connectivity index (χ3n) is 2.42. The van der Waals surface area contributed by atoms with Crippen molar-refractivity contribution in [3.63, 3.8) is 0 Å². The monoisotopic (exact) mass is 314 g/mol. The Morgan fingerprint density at radius 2 is 2.00 bits per heavy atom. The van der Waals surface area contributed by atoms with Gasteiger partial charge in [0.25, 0.3) is 5.89 Å². The van der Waals surface area contributed by atoms with Crippen molar-refractivity contribution >= 4 is 34.5 Å². The van der Waals surface area contributed by atoms with Crippen molar-refractivity contribution in [3.8, 4) is 22.2 Å². The normalized spacial score (nSPS) is 10.9. The van der Waals surface area contributed by atoms with E-state index in [-0.39, 0.29) is 10.8 Å². The van der Waals surface area contributed by atoms with E-state index in [1.807, 2.05) is 5.38 Å². The minimum Gasteiger partial charge on any atom is -0.333 e. The second-order valence-electron chi connectivity index (χ2n) is 3.65. The van der Waals surface area contributed by atoms with E-state index < -0.39 is 5.82 Å². The topological polar surface area (TPSA) is 38.9 Å². The molecule has 0 fully saturated rings. The van der Waals surface area contributed by atoms with Gasteiger partial charge in [0.2, 0.25) is 5.82 Å². The van der Waals surface area contributed by atoms with Crippen LogP contribution >= 0.6 is 34.5 Å². The van der Waals surface area contributed by atoms with E-state index in [0.717, 1.165) is 0 Å². The van der Waals surface area contributed by atoms with Crippen LogP contribution in [-0.2, 0) is 0 Å². The third-order valence-corrected chi connectivity index (χ3v) is 4.05. The average molecular weight is 315 g/mol. The van der Waals surface area contributed by atoms with Gasteiger partial charge < -0.3 is 4.52 Å². The van der Waals surface area contributed by atoms with Crippen LogP contribution in [0, 0.1) is 5.82 Å². The zero-order valence-electron chi connectivity index (χ0n) is 9.23. The molecule has 0 radical (unpaired) electrons. The zero-order valence-corrected chi connectivity index (χ0v) is 11.6. The van der Waals surface area contributed by atoms with E-state index in [0.29, 0.717) is 21.4 Å². The largest absolute Gasteiger partial charge is 0.333 e. The van der Waals surface area contributed by atoms with Gasteiger partial charge >= 0.3 is 0 Å². The summed E-state index contributed by atoms with van der Waals surface area (Å²) in [6.45, 7) is 0. The lowest BCUT2D eigenvalue weighted by Gasteiger charge is -1.96. The average Bonchev–Trinajstić information content (AvgIpc) is 3.01. The summed E-state index contributed by atoms with van der Waals surface area (Å²) in [4.78, 5) is 4.88. The fourth-order valence-corrected chi connectivity index (χ4v) is 2.69. The van der Waals surface area contributed by atoms with Crippen LogP contribution in [0.2, 0.25) is 10.0 Å². The first-order valence-electron chi connectivity index (χ1n) is 5.17. The lowest BCUT2D eigenvalue weighted by molar-refractivity contribution is 0.433. The van der Waals surface area contributed by atoms with E-state index >= 15 is 0 Å². The van der Waals surface area contributed by atoms with E-state index in [1.165, 1.54) is 23.5 Å². The number of aromatic nitrogens is 2. The minimum atomic E-state index is -0.528. The van der Waals surface area contributed by atoms with Crippen molar-refractivity contribution in [2.75, 3.05) is 0 Å². The number of nitrogens with zero attached hydrogens (tertiary/aromatic N) is 2. The van der Waals surface area contributed by atoms with Crippen LogP contribution in [0.25, 0.3) is 22.2 Å². The number of benzene rings is 1. The quantitative estimate of drug-likeness (QED) is 0.674. The van der Waals surface area contributed by atoms with Crippen molar-refractivity contribution in [1.29, 1.82) is 0 Å². The molecule has 3 aromatic rings. The molecule has 2 heterocycles. The number of halogens is 3. The lowest BCUT2D eigenvalue weighted by atomic mass is 10.2. The smallest absolute Gasteiger partial charge is 0.269 e. The third kappa shape index (κ3) is 2.36. The summed E-state index contributed by atoms with van der Waals surface area (Å²) in [5.74, 6) is 0.0695. The summed E-state index contributed by atoms with van der Waals surface area (Å²) in [5, 5.41) is 6.22. The lowest BCUT2D eigenvalue weighted by Crippen LogP contribution is -1.83. The Kier molecular flexibility index (Phi) is 3.26. The van der Waals surface area contributed by atoms with Crippen LogP contribution in [0.5, 0.6) is 0 Å². The Balaban J connectivity index is 2.01. The van der Waals surface area contributed by atoms with Crippen LogP contribution < -0.4 is 0 Å². The summed E-state index contributed by atoms with van der Waals surface area (Å²) in [6, 6.07) is 6.07. The van der Waals surface area contributed by atoms with Crippen molar-refractivity contribution in [1.82, 2.24) is 10.1 Å². The molecule has 0 saturated heterocycles. The molecule has 19 heavy (non-hydrogen) atoms. The molecule has 3 rings (SSSR count). The number of hydrogen-bond acceptors (Lipinski definition) is 4. The fraction of sp³-hybridized carbons (Fsp3) is 0. The highest BCUT2D eigenvalue weighted by atomic mass is 35.5. The zero-order chi connectivity index (χ0) is 13.4. The highest BCUT2D eigenvalue weighted by Gasteiger charge is 2.15.